The third-order valence-corrected chi connectivity index (χ3v) is 4.15. The summed E-state index contributed by atoms with van der Waals surface area (Å²) in [4.78, 5) is 21.3. The molecule has 2 rings (SSSR count). The highest BCUT2D eigenvalue weighted by molar-refractivity contribution is 7.90. The van der Waals surface area contributed by atoms with Gasteiger partial charge < -0.3 is 0 Å². The molecule has 0 aliphatic carbocycles. The molecule has 1 N–H and O–H groups in total. The lowest BCUT2D eigenvalue weighted by molar-refractivity contribution is -0.387. The number of benzene rings is 1. The van der Waals surface area contributed by atoms with Crippen LogP contribution in [0.3, 0.4) is 0 Å². The quantitative estimate of drug-likeness (QED) is 0.661. The second-order valence-corrected chi connectivity index (χ2v) is 5.99. The fraction of sp³-hybridized carbons (Fsp3) is 0.273. The molecule has 0 atom stereocenters. The van der Waals surface area contributed by atoms with Crippen molar-refractivity contribution in [3.05, 3.63) is 34.4 Å². The molecular weight excluding hydrogens is 300 g/mol. The van der Waals surface area contributed by atoms with Crippen LogP contribution < -0.4 is 4.72 Å². The highest BCUT2D eigenvalue weighted by Gasteiger charge is 2.29. The van der Waals surface area contributed by atoms with Gasteiger partial charge in [-0.1, -0.05) is 12.1 Å². The van der Waals surface area contributed by atoms with E-state index in [1.54, 1.807) is 11.6 Å². The average Bonchev–Trinajstić information content (AvgIpc) is 2.85. The van der Waals surface area contributed by atoms with Gasteiger partial charge in [0.15, 0.2) is 4.90 Å². The number of sulfonamides is 1. The molecule has 1 aliphatic heterocycles. The van der Waals surface area contributed by atoms with Crippen LogP contribution >= 0.6 is 0 Å². The molecule has 0 radical (unpaired) electrons. The van der Waals surface area contributed by atoms with Crippen molar-refractivity contribution >= 4 is 27.5 Å². The van der Waals surface area contributed by atoms with E-state index in [1.165, 1.54) is 12.1 Å². The number of rotatable bonds is 3. The molecule has 0 saturated carbocycles. The molecule has 0 spiro atoms. The Morgan fingerprint density at radius 1 is 1.43 bits per heavy atom. The van der Waals surface area contributed by atoms with Gasteiger partial charge in [-0.05, 0) is 13.0 Å². The Morgan fingerprint density at radius 2 is 2.10 bits per heavy atom. The Morgan fingerprint density at radius 3 is 2.67 bits per heavy atom. The number of hydrogen-bond acceptors (Lipinski definition) is 6. The minimum Gasteiger partial charge on any atom is -0.258 e. The summed E-state index contributed by atoms with van der Waals surface area (Å²) in [5, 5.41) is 15.7. The molecule has 10 heteroatoms. The van der Waals surface area contributed by atoms with Crippen LogP contribution in [-0.4, -0.2) is 36.6 Å². The second kappa shape index (κ2) is 5.48. The maximum atomic E-state index is 12.1. The molecule has 0 saturated heterocycles. The fourth-order valence-electron chi connectivity index (χ4n) is 1.78. The zero-order chi connectivity index (χ0) is 15.6. The Kier molecular flexibility index (Phi) is 3.89. The maximum absolute atomic E-state index is 12.1. The molecule has 0 bridgehead atoms. The highest BCUT2D eigenvalue weighted by atomic mass is 32.2. The van der Waals surface area contributed by atoms with Crippen molar-refractivity contribution in [2.75, 3.05) is 6.54 Å². The SMILES string of the molecule is CC1=NN(C(=O)NS(=O)(=O)c2ccccc2[N+](=O)[O-])CC1. The first-order chi connectivity index (χ1) is 9.81. The van der Waals surface area contributed by atoms with E-state index in [9.17, 15) is 23.3 Å². The Bertz CT molecular complexity index is 728. The zero-order valence-electron chi connectivity index (χ0n) is 11.0. The Balaban J connectivity index is 2.27. The van der Waals surface area contributed by atoms with E-state index in [0.29, 0.717) is 12.1 Å². The minimum absolute atomic E-state index is 0.268. The molecule has 1 aliphatic rings. The molecule has 0 aromatic heterocycles. The van der Waals surface area contributed by atoms with E-state index < -0.39 is 31.6 Å². The van der Waals surface area contributed by atoms with Crippen LogP contribution in [0.25, 0.3) is 0 Å². The van der Waals surface area contributed by atoms with Gasteiger partial charge in [0.25, 0.3) is 15.7 Å². The van der Waals surface area contributed by atoms with Gasteiger partial charge >= 0.3 is 6.03 Å². The summed E-state index contributed by atoms with van der Waals surface area (Å²) in [5.41, 5.74) is 0.104. The lowest BCUT2D eigenvalue weighted by Gasteiger charge is -2.13. The highest BCUT2D eigenvalue weighted by Crippen LogP contribution is 2.22. The number of nitrogens with one attached hydrogen (secondary N) is 1. The monoisotopic (exact) mass is 312 g/mol. The van der Waals surface area contributed by atoms with Crippen LogP contribution in [0.4, 0.5) is 10.5 Å². The van der Waals surface area contributed by atoms with Crippen LogP contribution in [0, 0.1) is 10.1 Å². The molecule has 2 amide bonds. The van der Waals surface area contributed by atoms with E-state index in [2.05, 4.69) is 5.10 Å². The lowest BCUT2D eigenvalue weighted by atomic mass is 10.3. The van der Waals surface area contributed by atoms with Gasteiger partial charge in [-0.15, -0.1) is 0 Å². The summed E-state index contributed by atoms with van der Waals surface area (Å²) in [7, 11) is -4.34. The van der Waals surface area contributed by atoms with Gasteiger partial charge in [-0.25, -0.2) is 22.9 Å². The Labute approximate surface area is 120 Å². The van der Waals surface area contributed by atoms with Crippen molar-refractivity contribution in [3.8, 4) is 0 Å². The Hall–Kier alpha value is -2.49. The molecular formula is C11H12N4O5S. The van der Waals surface area contributed by atoms with Gasteiger partial charge in [-0.3, -0.25) is 10.1 Å². The van der Waals surface area contributed by atoms with E-state index in [1.807, 2.05) is 0 Å². The number of nitrogens with zero attached hydrogens (tertiary/aromatic N) is 3. The van der Waals surface area contributed by atoms with Crippen LogP contribution in [0.5, 0.6) is 0 Å². The number of nitro groups is 1. The van der Waals surface area contributed by atoms with Crippen molar-refractivity contribution in [1.29, 1.82) is 0 Å². The summed E-state index contributed by atoms with van der Waals surface area (Å²) in [6.07, 6.45) is 0.555. The number of hydrogen-bond donors (Lipinski definition) is 1. The number of nitro benzene ring substituents is 1. The molecule has 1 heterocycles. The largest absolute Gasteiger partial charge is 0.351 e. The van der Waals surface area contributed by atoms with Crippen molar-refractivity contribution in [2.24, 2.45) is 5.10 Å². The molecule has 21 heavy (non-hydrogen) atoms. The maximum Gasteiger partial charge on any atom is 0.351 e. The topological polar surface area (TPSA) is 122 Å². The second-order valence-electron chi connectivity index (χ2n) is 4.34. The summed E-state index contributed by atoms with van der Waals surface area (Å²) in [5.74, 6) is 0. The summed E-state index contributed by atoms with van der Waals surface area (Å²) < 4.78 is 26.0. The van der Waals surface area contributed by atoms with Crippen molar-refractivity contribution in [3.63, 3.8) is 0 Å². The standard InChI is InChI=1S/C11H12N4O5S/c1-8-6-7-14(12-8)11(16)13-21(19,20)10-5-3-2-4-9(10)15(17)18/h2-5H,6-7H2,1H3,(H,13,16). The minimum atomic E-state index is -4.34. The molecule has 0 fully saturated rings. The van der Waals surface area contributed by atoms with Crippen molar-refractivity contribution < 1.29 is 18.1 Å². The molecule has 0 unspecified atom stereocenters. The van der Waals surface area contributed by atoms with E-state index in [-0.39, 0.29) is 6.54 Å². The summed E-state index contributed by atoms with van der Waals surface area (Å²) in [6.45, 7) is 1.98. The van der Waals surface area contributed by atoms with Gasteiger partial charge in [0.1, 0.15) is 0 Å². The lowest BCUT2D eigenvalue weighted by Crippen LogP contribution is -2.39. The van der Waals surface area contributed by atoms with Gasteiger partial charge in [0.2, 0.25) is 0 Å². The van der Waals surface area contributed by atoms with Crippen molar-refractivity contribution in [2.45, 2.75) is 18.2 Å². The predicted octanol–water partition coefficient (Wildman–Crippen LogP) is 1.07. The van der Waals surface area contributed by atoms with E-state index in [0.717, 1.165) is 17.1 Å². The zero-order valence-corrected chi connectivity index (χ0v) is 11.8. The van der Waals surface area contributed by atoms with Crippen molar-refractivity contribution in [1.82, 2.24) is 9.73 Å². The van der Waals surface area contributed by atoms with Gasteiger partial charge in [0, 0.05) is 18.2 Å². The molecule has 112 valence electrons. The number of carbonyl (C=O) groups excluding carboxylic acids is 1. The number of carbonyl (C=O) groups is 1. The smallest absolute Gasteiger partial charge is 0.258 e. The van der Waals surface area contributed by atoms with Gasteiger partial charge in [0.05, 0.1) is 11.5 Å². The first-order valence-electron chi connectivity index (χ1n) is 5.93. The predicted molar refractivity (Wildman–Crippen MR) is 73.2 cm³/mol. The first-order valence-corrected chi connectivity index (χ1v) is 7.41. The van der Waals surface area contributed by atoms with Crippen LogP contribution in [-0.2, 0) is 10.0 Å². The van der Waals surface area contributed by atoms with Crippen LogP contribution in [0.1, 0.15) is 13.3 Å². The number of para-hydroxylation sites is 1. The summed E-state index contributed by atoms with van der Waals surface area (Å²) in [6, 6.07) is 3.85. The number of hydrazone groups is 1. The normalized spacial score (nSPS) is 14.7. The molecule has 1 aromatic carbocycles. The first kappa shape index (κ1) is 14.9. The van der Waals surface area contributed by atoms with Gasteiger partial charge in [-0.2, -0.15) is 5.10 Å². The third-order valence-electron chi connectivity index (χ3n) is 2.78. The number of amides is 2. The fourth-order valence-corrected chi connectivity index (χ4v) is 2.90. The number of urea groups is 1. The summed E-state index contributed by atoms with van der Waals surface area (Å²) >= 11 is 0. The van der Waals surface area contributed by atoms with E-state index >= 15 is 0 Å². The van der Waals surface area contributed by atoms with E-state index in [4.69, 9.17) is 0 Å². The molecule has 9 nitrogen and oxygen atoms in total. The third kappa shape index (κ3) is 3.16. The molecule has 1 aromatic rings. The van der Waals surface area contributed by atoms with Crippen LogP contribution in [0.15, 0.2) is 34.3 Å². The average molecular weight is 312 g/mol. The van der Waals surface area contributed by atoms with Crippen LogP contribution in [0.2, 0.25) is 0 Å².